The average molecular weight is 350 g/mol. The number of hydrogen-bond donors (Lipinski definition) is 0. The smallest absolute Gasteiger partial charge is 0.331 e. The van der Waals surface area contributed by atoms with Crippen LogP contribution in [0.5, 0.6) is 0 Å². The van der Waals surface area contributed by atoms with Crippen molar-refractivity contribution in [2.75, 3.05) is 0 Å². The van der Waals surface area contributed by atoms with Crippen LogP contribution in [0.4, 0.5) is 5.69 Å². The van der Waals surface area contributed by atoms with E-state index in [0.717, 1.165) is 5.56 Å². The van der Waals surface area contributed by atoms with Crippen molar-refractivity contribution in [3.8, 4) is 11.3 Å². The van der Waals surface area contributed by atoms with Gasteiger partial charge in [-0.2, -0.15) is 0 Å². The first-order chi connectivity index (χ1) is 12.6. The summed E-state index contributed by atoms with van der Waals surface area (Å²) in [6.07, 6.45) is 4.21. The maximum Gasteiger partial charge on any atom is 0.331 e. The number of rotatable bonds is 6. The van der Waals surface area contributed by atoms with Crippen molar-refractivity contribution in [3.05, 3.63) is 88.4 Å². The summed E-state index contributed by atoms with van der Waals surface area (Å²) in [4.78, 5) is 26.1. The highest BCUT2D eigenvalue weighted by atomic mass is 16.6. The molecule has 3 aromatic rings. The standard InChI is InChI=1S/C19H14N2O5/c22-19(10-9-14-5-4-8-16(11-14)21(23)24)25-13-18-20-12-17(26-18)15-6-2-1-3-7-15/h1-12H,13H2/b10-9+. The fourth-order valence-electron chi connectivity index (χ4n) is 2.20. The molecule has 0 amide bonds. The Balaban J connectivity index is 1.57. The van der Waals surface area contributed by atoms with Crippen molar-refractivity contribution in [1.82, 2.24) is 4.98 Å². The van der Waals surface area contributed by atoms with E-state index in [1.54, 1.807) is 18.3 Å². The highest BCUT2D eigenvalue weighted by Gasteiger charge is 2.08. The van der Waals surface area contributed by atoms with Gasteiger partial charge in [-0.15, -0.1) is 0 Å². The second-order valence-corrected chi connectivity index (χ2v) is 5.28. The van der Waals surface area contributed by atoms with E-state index in [-0.39, 0.29) is 18.2 Å². The van der Waals surface area contributed by atoms with Crippen molar-refractivity contribution in [3.63, 3.8) is 0 Å². The summed E-state index contributed by atoms with van der Waals surface area (Å²) in [5.74, 6) is 0.265. The molecule has 0 unspecified atom stereocenters. The number of nitro benzene ring substituents is 1. The van der Waals surface area contributed by atoms with Gasteiger partial charge in [0.05, 0.1) is 11.1 Å². The number of nitrogens with zero attached hydrogens (tertiary/aromatic N) is 2. The van der Waals surface area contributed by atoms with E-state index in [0.29, 0.717) is 11.3 Å². The molecule has 130 valence electrons. The Labute approximate surface area is 148 Å². The molecule has 0 aliphatic carbocycles. The van der Waals surface area contributed by atoms with Crippen molar-refractivity contribution in [2.45, 2.75) is 6.61 Å². The van der Waals surface area contributed by atoms with Crippen LogP contribution in [0.2, 0.25) is 0 Å². The number of ether oxygens (including phenoxy) is 1. The molecule has 7 heteroatoms. The van der Waals surface area contributed by atoms with E-state index in [9.17, 15) is 14.9 Å². The summed E-state index contributed by atoms with van der Waals surface area (Å²) >= 11 is 0. The van der Waals surface area contributed by atoms with Gasteiger partial charge in [0.1, 0.15) is 0 Å². The first-order valence-corrected chi connectivity index (χ1v) is 7.71. The molecule has 0 bridgehead atoms. The first-order valence-electron chi connectivity index (χ1n) is 7.71. The molecule has 7 nitrogen and oxygen atoms in total. The Kier molecular flexibility index (Phi) is 5.19. The van der Waals surface area contributed by atoms with Gasteiger partial charge in [0.25, 0.3) is 5.69 Å². The normalized spacial score (nSPS) is 10.8. The first kappa shape index (κ1) is 17.1. The van der Waals surface area contributed by atoms with Gasteiger partial charge in [-0.3, -0.25) is 10.1 Å². The third-order valence-corrected chi connectivity index (χ3v) is 3.44. The number of carbonyl (C=O) groups excluding carboxylic acids is 1. The van der Waals surface area contributed by atoms with Crippen LogP contribution in [-0.2, 0) is 16.1 Å². The van der Waals surface area contributed by atoms with Gasteiger partial charge in [0.2, 0.25) is 5.89 Å². The van der Waals surface area contributed by atoms with Crippen molar-refractivity contribution >= 4 is 17.7 Å². The Morgan fingerprint density at radius 2 is 2.00 bits per heavy atom. The SMILES string of the molecule is O=C(/C=C/c1cccc([N+](=O)[O-])c1)OCc1ncc(-c2ccccc2)o1. The Bertz CT molecular complexity index is 947. The number of oxazole rings is 1. The van der Waals surface area contributed by atoms with Crippen LogP contribution in [0.15, 0.2) is 71.3 Å². The van der Waals surface area contributed by atoms with E-state index in [2.05, 4.69) is 4.98 Å². The predicted molar refractivity (Wildman–Crippen MR) is 93.9 cm³/mol. The maximum atomic E-state index is 11.8. The Morgan fingerprint density at radius 1 is 1.19 bits per heavy atom. The number of non-ortho nitro benzene ring substituents is 1. The molecular formula is C19H14N2O5. The molecule has 1 heterocycles. The van der Waals surface area contributed by atoms with Crippen LogP contribution in [-0.4, -0.2) is 15.9 Å². The van der Waals surface area contributed by atoms with Crippen LogP contribution < -0.4 is 0 Å². The number of carbonyl (C=O) groups is 1. The van der Waals surface area contributed by atoms with Gasteiger partial charge in [0, 0.05) is 23.8 Å². The summed E-state index contributed by atoms with van der Waals surface area (Å²) in [7, 11) is 0. The molecule has 1 aromatic heterocycles. The molecule has 0 saturated carbocycles. The highest BCUT2D eigenvalue weighted by Crippen LogP contribution is 2.20. The van der Waals surface area contributed by atoms with Crippen molar-refractivity contribution < 1.29 is 18.9 Å². The van der Waals surface area contributed by atoms with Gasteiger partial charge < -0.3 is 9.15 Å². The molecule has 0 saturated heterocycles. The number of nitro groups is 1. The highest BCUT2D eigenvalue weighted by molar-refractivity contribution is 5.87. The van der Waals surface area contributed by atoms with E-state index in [1.165, 1.54) is 24.3 Å². The zero-order valence-electron chi connectivity index (χ0n) is 13.6. The summed E-state index contributed by atoms with van der Waals surface area (Å²) in [6, 6.07) is 15.4. The summed E-state index contributed by atoms with van der Waals surface area (Å²) in [5, 5.41) is 10.7. The average Bonchev–Trinajstić information content (AvgIpc) is 3.15. The van der Waals surface area contributed by atoms with E-state index < -0.39 is 10.9 Å². The molecule has 0 aliphatic rings. The van der Waals surface area contributed by atoms with Gasteiger partial charge >= 0.3 is 5.97 Å². The van der Waals surface area contributed by atoms with Crippen LogP contribution in [0.1, 0.15) is 11.5 Å². The largest absolute Gasteiger partial charge is 0.453 e. The van der Waals surface area contributed by atoms with Gasteiger partial charge in [0.15, 0.2) is 12.4 Å². The molecule has 0 fully saturated rings. The number of esters is 1. The van der Waals surface area contributed by atoms with Gasteiger partial charge in [-0.05, 0) is 11.6 Å². The lowest BCUT2D eigenvalue weighted by atomic mass is 10.2. The minimum atomic E-state index is -0.601. The monoisotopic (exact) mass is 350 g/mol. The summed E-state index contributed by atoms with van der Waals surface area (Å²) in [5.41, 5.74) is 1.36. The Hall–Kier alpha value is -3.74. The molecule has 0 radical (unpaired) electrons. The molecule has 0 spiro atoms. The quantitative estimate of drug-likeness (QED) is 0.288. The molecule has 0 N–H and O–H groups in total. The lowest BCUT2D eigenvalue weighted by molar-refractivity contribution is -0.384. The predicted octanol–water partition coefficient (Wildman–Crippen LogP) is 4.01. The van der Waals surface area contributed by atoms with Crippen LogP contribution >= 0.6 is 0 Å². The lowest BCUT2D eigenvalue weighted by Gasteiger charge is -1.98. The third-order valence-electron chi connectivity index (χ3n) is 3.44. The fourth-order valence-corrected chi connectivity index (χ4v) is 2.20. The van der Waals surface area contributed by atoms with Gasteiger partial charge in [-0.1, -0.05) is 42.5 Å². The number of aromatic nitrogens is 1. The molecular weight excluding hydrogens is 336 g/mol. The topological polar surface area (TPSA) is 95.5 Å². The summed E-state index contributed by atoms with van der Waals surface area (Å²) < 4.78 is 10.6. The fraction of sp³-hybridized carbons (Fsp3) is 0.0526. The molecule has 2 aromatic carbocycles. The third kappa shape index (κ3) is 4.41. The zero-order valence-corrected chi connectivity index (χ0v) is 13.6. The van der Waals surface area contributed by atoms with E-state index in [4.69, 9.17) is 9.15 Å². The molecule has 0 atom stereocenters. The Morgan fingerprint density at radius 3 is 2.77 bits per heavy atom. The maximum absolute atomic E-state index is 11.8. The van der Waals surface area contributed by atoms with Gasteiger partial charge in [-0.25, -0.2) is 9.78 Å². The second kappa shape index (κ2) is 7.89. The van der Waals surface area contributed by atoms with Crippen molar-refractivity contribution in [1.29, 1.82) is 0 Å². The molecule has 0 aliphatic heterocycles. The van der Waals surface area contributed by atoms with Crippen LogP contribution in [0.3, 0.4) is 0 Å². The zero-order chi connectivity index (χ0) is 18.4. The minimum absolute atomic E-state index is 0.0475. The number of hydrogen-bond acceptors (Lipinski definition) is 6. The van der Waals surface area contributed by atoms with Crippen LogP contribution in [0.25, 0.3) is 17.4 Å². The van der Waals surface area contributed by atoms with Crippen molar-refractivity contribution in [2.24, 2.45) is 0 Å². The molecule has 3 rings (SSSR count). The van der Waals surface area contributed by atoms with E-state index >= 15 is 0 Å². The summed E-state index contributed by atoms with van der Waals surface area (Å²) in [6.45, 7) is -0.106. The lowest BCUT2D eigenvalue weighted by Crippen LogP contribution is -2.00. The number of benzene rings is 2. The second-order valence-electron chi connectivity index (χ2n) is 5.28. The van der Waals surface area contributed by atoms with E-state index in [1.807, 2.05) is 30.3 Å². The minimum Gasteiger partial charge on any atom is -0.453 e. The van der Waals surface area contributed by atoms with Crippen LogP contribution in [0, 0.1) is 10.1 Å². The molecule has 26 heavy (non-hydrogen) atoms.